The van der Waals surface area contributed by atoms with Gasteiger partial charge in [0.05, 0.1) is 37.4 Å². The van der Waals surface area contributed by atoms with E-state index in [1.54, 1.807) is 0 Å². The van der Waals surface area contributed by atoms with Gasteiger partial charge in [0.1, 0.15) is 0 Å². The zero-order valence-corrected chi connectivity index (χ0v) is 11.4. The molecule has 8 heteroatoms. The van der Waals surface area contributed by atoms with Gasteiger partial charge in [-0.1, -0.05) is 0 Å². The van der Waals surface area contributed by atoms with Crippen molar-refractivity contribution in [2.24, 2.45) is 5.73 Å². The van der Waals surface area contributed by atoms with Crippen molar-refractivity contribution in [3.8, 4) is 11.5 Å². The molecule has 1 rings (SSSR count). The van der Waals surface area contributed by atoms with Gasteiger partial charge in [0.25, 0.3) is 5.69 Å². The fourth-order valence-electron chi connectivity index (χ4n) is 1.61. The van der Waals surface area contributed by atoms with Crippen LogP contribution in [0, 0.1) is 10.1 Å². The first kappa shape index (κ1) is 17.4. The van der Waals surface area contributed by atoms with Crippen molar-refractivity contribution in [3.05, 3.63) is 27.8 Å². The fraction of sp³-hybridized carbons (Fsp3) is 0.455. The van der Waals surface area contributed by atoms with Crippen LogP contribution >= 0.6 is 12.4 Å². The molecule has 1 aromatic carbocycles. The van der Waals surface area contributed by atoms with E-state index in [2.05, 4.69) is 0 Å². The molecule has 0 aromatic heterocycles. The summed E-state index contributed by atoms with van der Waals surface area (Å²) in [7, 11) is 2.79. The Hall–Kier alpha value is -1.60. The van der Waals surface area contributed by atoms with Gasteiger partial charge >= 0.3 is 0 Å². The number of nitrogens with zero attached hydrogens (tertiary/aromatic N) is 1. The molecule has 0 aliphatic carbocycles. The van der Waals surface area contributed by atoms with E-state index in [1.807, 2.05) is 0 Å². The van der Waals surface area contributed by atoms with Crippen molar-refractivity contribution in [2.45, 2.75) is 12.5 Å². The summed E-state index contributed by atoms with van der Waals surface area (Å²) in [6, 6.07) is 1.89. The molecule has 0 unspecified atom stereocenters. The highest BCUT2D eigenvalue weighted by Crippen LogP contribution is 2.37. The number of hydrogen-bond acceptors (Lipinski definition) is 5. The van der Waals surface area contributed by atoms with Crippen LogP contribution in [-0.2, 0) is 0 Å². The zero-order valence-electron chi connectivity index (χ0n) is 10.6. The molecule has 2 N–H and O–H groups in total. The molecule has 6 nitrogen and oxygen atoms in total. The summed E-state index contributed by atoms with van der Waals surface area (Å²) in [6.07, 6.45) is 0.0102. The lowest BCUT2D eigenvalue weighted by molar-refractivity contribution is -0.385. The molecule has 0 saturated heterocycles. The third-order valence-electron chi connectivity index (χ3n) is 2.55. The smallest absolute Gasteiger partial charge is 0.278 e. The summed E-state index contributed by atoms with van der Waals surface area (Å²) in [6.45, 7) is -0.646. The van der Waals surface area contributed by atoms with Gasteiger partial charge in [-0.2, -0.15) is 0 Å². The van der Waals surface area contributed by atoms with E-state index in [-0.39, 0.29) is 35.8 Å². The summed E-state index contributed by atoms with van der Waals surface area (Å²) in [5, 5.41) is 11.0. The molecule has 0 amide bonds. The van der Waals surface area contributed by atoms with Crippen molar-refractivity contribution < 1.29 is 18.8 Å². The van der Waals surface area contributed by atoms with E-state index < -0.39 is 17.6 Å². The summed E-state index contributed by atoms with van der Waals surface area (Å²) < 4.78 is 22.3. The van der Waals surface area contributed by atoms with Crippen LogP contribution in [0.25, 0.3) is 0 Å². The predicted octanol–water partition coefficient (Wildman–Crippen LogP) is 2.39. The number of nitro benzene ring substituents is 1. The first-order valence-electron chi connectivity index (χ1n) is 5.27. The van der Waals surface area contributed by atoms with Crippen LogP contribution in [0.1, 0.15) is 18.0 Å². The monoisotopic (exact) mass is 294 g/mol. The molecule has 0 heterocycles. The standard InChI is InChI=1S/C11H15FN2O4.ClH/c1-17-10-5-7(8(13)3-4-12)9(14(15)16)6-11(10)18-2;/h5-6,8H,3-4,13H2,1-2H3;1H/t8-;/m0./s1. The average Bonchev–Trinajstić information content (AvgIpc) is 2.37. The van der Waals surface area contributed by atoms with Gasteiger partial charge in [0.15, 0.2) is 11.5 Å². The molecular weight excluding hydrogens is 279 g/mol. The lowest BCUT2D eigenvalue weighted by Crippen LogP contribution is -2.13. The number of methoxy groups -OCH3 is 2. The number of nitro groups is 1. The number of rotatable bonds is 6. The highest BCUT2D eigenvalue weighted by Gasteiger charge is 2.23. The lowest BCUT2D eigenvalue weighted by Gasteiger charge is -2.14. The van der Waals surface area contributed by atoms with Gasteiger partial charge in [-0.3, -0.25) is 14.5 Å². The maximum Gasteiger partial charge on any atom is 0.278 e. The van der Waals surface area contributed by atoms with Crippen molar-refractivity contribution >= 4 is 18.1 Å². The minimum atomic E-state index is -0.754. The minimum absolute atomic E-state index is 0. The highest BCUT2D eigenvalue weighted by molar-refractivity contribution is 5.85. The number of ether oxygens (including phenoxy) is 2. The van der Waals surface area contributed by atoms with Crippen molar-refractivity contribution in [1.82, 2.24) is 0 Å². The Labute approximate surface area is 116 Å². The largest absolute Gasteiger partial charge is 0.493 e. The zero-order chi connectivity index (χ0) is 13.7. The van der Waals surface area contributed by atoms with Crippen LogP contribution in [0.5, 0.6) is 11.5 Å². The average molecular weight is 295 g/mol. The number of nitrogens with two attached hydrogens (primary N) is 1. The maximum atomic E-state index is 12.3. The Balaban J connectivity index is 0.00000324. The van der Waals surface area contributed by atoms with Gasteiger partial charge < -0.3 is 15.2 Å². The Morgan fingerprint density at radius 2 is 1.89 bits per heavy atom. The Kier molecular flexibility index (Phi) is 7.10. The number of alkyl halides is 1. The molecule has 0 saturated carbocycles. The van der Waals surface area contributed by atoms with Gasteiger partial charge in [0, 0.05) is 6.04 Å². The molecule has 1 atom stereocenters. The second-order valence-electron chi connectivity index (χ2n) is 3.61. The molecule has 1 aromatic rings. The van der Waals surface area contributed by atoms with Crippen LogP contribution in [0.2, 0.25) is 0 Å². The van der Waals surface area contributed by atoms with Gasteiger partial charge in [-0.05, 0) is 12.5 Å². The third-order valence-corrected chi connectivity index (χ3v) is 2.55. The van der Waals surface area contributed by atoms with E-state index in [0.29, 0.717) is 5.75 Å². The van der Waals surface area contributed by atoms with Gasteiger partial charge in [0.2, 0.25) is 0 Å². The molecule has 0 bridgehead atoms. The van der Waals surface area contributed by atoms with Crippen molar-refractivity contribution in [3.63, 3.8) is 0 Å². The van der Waals surface area contributed by atoms with Gasteiger partial charge in [-0.15, -0.1) is 12.4 Å². The predicted molar refractivity (Wildman–Crippen MR) is 71.0 cm³/mol. The summed E-state index contributed by atoms with van der Waals surface area (Å²) in [5.74, 6) is 0.563. The Morgan fingerprint density at radius 3 is 2.32 bits per heavy atom. The Bertz CT molecular complexity index is 445. The lowest BCUT2D eigenvalue weighted by atomic mass is 10.0. The first-order chi connectivity index (χ1) is 8.54. The van der Waals surface area contributed by atoms with Gasteiger partial charge in [-0.25, -0.2) is 0 Å². The SMILES string of the molecule is COc1cc([C@@H](N)CCF)c([N+](=O)[O-])cc1OC.Cl. The Morgan fingerprint density at radius 1 is 1.37 bits per heavy atom. The number of halogens is 2. The topological polar surface area (TPSA) is 87.6 Å². The molecule has 0 aliphatic rings. The summed E-state index contributed by atoms with van der Waals surface area (Å²) in [5.41, 5.74) is 5.75. The second-order valence-corrected chi connectivity index (χ2v) is 3.61. The third kappa shape index (κ3) is 3.93. The molecule has 0 spiro atoms. The minimum Gasteiger partial charge on any atom is -0.493 e. The normalized spacial score (nSPS) is 11.4. The number of benzene rings is 1. The quantitative estimate of drug-likeness (QED) is 0.643. The van der Waals surface area contributed by atoms with Crippen LogP contribution in [-0.4, -0.2) is 25.8 Å². The van der Waals surface area contributed by atoms with Crippen molar-refractivity contribution in [2.75, 3.05) is 20.9 Å². The summed E-state index contributed by atoms with van der Waals surface area (Å²) in [4.78, 5) is 10.4. The molecule has 19 heavy (non-hydrogen) atoms. The van der Waals surface area contributed by atoms with Crippen LogP contribution in [0.15, 0.2) is 12.1 Å². The van der Waals surface area contributed by atoms with E-state index >= 15 is 0 Å². The molecule has 108 valence electrons. The highest BCUT2D eigenvalue weighted by atomic mass is 35.5. The van der Waals surface area contributed by atoms with Crippen LogP contribution < -0.4 is 15.2 Å². The van der Waals surface area contributed by atoms with E-state index in [1.165, 1.54) is 26.4 Å². The molecule has 0 fully saturated rings. The molecule has 0 radical (unpaired) electrons. The van der Waals surface area contributed by atoms with Crippen LogP contribution in [0.4, 0.5) is 10.1 Å². The second kappa shape index (κ2) is 7.75. The number of hydrogen-bond donors (Lipinski definition) is 1. The fourth-order valence-corrected chi connectivity index (χ4v) is 1.61. The first-order valence-corrected chi connectivity index (χ1v) is 5.27. The van der Waals surface area contributed by atoms with E-state index in [9.17, 15) is 14.5 Å². The van der Waals surface area contributed by atoms with E-state index in [4.69, 9.17) is 15.2 Å². The van der Waals surface area contributed by atoms with E-state index in [0.717, 1.165) is 0 Å². The van der Waals surface area contributed by atoms with Crippen LogP contribution in [0.3, 0.4) is 0 Å². The summed E-state index contributed by atoms with van der Waals surface area (Å²) >= 11 is 0. The maximum absolute atomic E-state index is 12.3. The molecular formula is C11H16ClFN2O4. The molecule has 0 aliphatic heterocycles. The van der Waals surface area contributed by atoms with Crippen molar-refractivity contribution in [1.29, 1.82) is 0 Å².